The van der Waals surface area contributed by atoms with Crippen molar-refractivity contribution >= 4 is 34.9 Å². The molecule has 0 aromatic heterocycles. The van der Waals surface area contributed by atoms with Crippen molar-refractivity contribution in [1.29, 1.82) is 0 Å². The van der Waals surface area contributed by atoms with Crippen LogP contribution in [-0.2, 0) is 11.3 Å². The largest absolute Gasteiger partial charge is 0.465 e. The molecule has 0 atom stereocenters. The Kier molecular flexibility index (Phi) is 5.04. The first-order chi connectivity index (χ1) is 9.99. The van der Waals surface area contributed by atoms with Crippen molar-refractivity contribution in [2.75, 3.05) is 12.4 Å². The molecule has 3 nitrogen and oxygen atoms in total. The highest BCUT2D eigenvalue weighted by atomic mass is 35.5. The first kappa shape index (κ1) is 15.6. The van der Waals surface area contributed by atoms with E-state index in [0.717, 1.165) is 0 Å². The second kappa shape index (κ2) is 6.78. The summed E-state index contributed by atoms with van der Waals surface area (Å²) in [5, 5.41) is 3.81. The Bertz CT molecular complexity index is 656. The smallest absolute Gasteiger partial charge is 0.337 e. The number of carbonyl (C=O) groups is 1. The number of benzene rings is 2. The highest BCUT2D eigenvalue weighted by Crippen LogP contribution is 2.24. The lowest BCUT2D eigenvalue weighted by atomic mass is 10.2. The van der Waals surface area contributed by atoms with Gasteiger partial charge in [0.25, 0.3) is 0 Å². The van der Waals surface area contributed by atoms with Crippen LogP contribution in [0.5, 0.6) is 0 Å². The number of hydrogen-bond donors (Lipinski definition) is 1. The van der Waals surface area contributed by atoms with Gasteiger partial charge < -0.3 is 10.1 Å². The Morgan fingerprint density at radius 1 is 1.24 bits per heavy atom. The van der Waals surface area contributed by atoms with Crippen LogP contribution >= 0.6 is 23.2 Å². The second-order valence-electron chi connectivity index (χ2n) is 4.32. The third kappa shape index (κ3) is 4.09. The fourth-order valence-electron chi connectivity index (χ4n) is 1.82. The van der Waals surface area contributed by atoms with Crippen LogP contribution in [0.15, 0.2) is 36.4 Å². The molecule has 2 aromatic rings. The van der Waals surface area contributed by atoms with Crippen molar-refractivity contribution in [1.82, 2.24) is 0 Å². The predicted molar refractivity (Wildman–Crippen MR) is 81.5 cm³/mol. The maximum atomic E-state index is 13.2. The lowest BCUT2D eigenvalue weighted by molar-refractivity contribution is 0.0601. The molecule has 0 aliphatic rings. The van der Waals surface area contributed by atoms with Crippen molar-refractivity contribution in [3.05, 3.63) is 63.4 Å². The first-order valence-electron chi connectivity index (χ1n) is 6.06. The third-order valence-electron chi connectivity index (χ3n) is 2.79. The van der Waals surface area contributed by atoms with E-state index in [2.05, 4.69) is 10.1 Å². The number of carbonyl (C=O) groups excluding carboxylic acids is 1. The second-order valence-corrected chi connectivity index (χ2v) is 5.16. The number of hydrogen-bond acceptors (Lipinski definition) is 3. The van der Waals surface area contributed by atoms with E-state index in [1.807, 2.05) is 0 Å². The Balaban J connectivity index is 2.17. The average Bonchev–Trinajstić information content (AvgIpc) is 2.44. The summed E-state index contributed by atoms with van der Waals surface area (Å²) < 4.78 is 17.9. The average molecular weight is 328 g/mol. The van der Waals surface area contributed by atoms with E-state index in [-0.39, 0.29) is 0 Å². The first-order valence-corrected chi connectivity index (χ1v) is 6.82. The van der Waals surface area contributed by atoms with Crippen LogP contribution in [0, 0.1) is 5.82 Å². The highest BCUT2D eigenvalue weighted by Gasteiger charge is 2.09. The summed E-state index contributed by atoms with van der Waals surface area (Å²) in [6.07, 6.45) is 0. The normalized spacial score (nSPS) is 10.3. The Labute approximate surface area is 131 Å². The van der Waals surface area contributed by atoms with Gasteiger partial charge in [0.1, 0.15) is 5.82 Å². The maximum absolute atomic E-state index is 13.2. The highest BCUT2D eigenvalue weighted by molar-refractivity contribution is 6.33. The minimum absolute atomic E-state index is 0.321. The molecule has 6 heteroatoms. The van der Waals surface area contributed by atoms with E-state index < -0.39 is 11.8 Å². The lowest BCUT2D eigenvalue weighted by Crippen LogP contribution is -2.04. The molecule has 0 heterocycles. The molecule has 0 unspecified atom stereocenters. The molecule has 0 amide bonds. The zero-order chi connectivity index (χ0) is 15.4. The molecule has 0 aliphatic carbocycles. The number of nitrogens with one attached hydrogen (secondary N) is 1. The van der Waals surface area contributed by atoms with Crippen molar-refractivity contribution in [3.63, 3.8) is 0 Å². The SMILES string of the molecule is COC(=O)c1ccc(Cl)c(NCc2cc(F)cc(Cl)c2)c1. The van der Waals surface area contributed by atoms with Crippen LogP contribution in [0.2, 0.25) is 10.0 Å². The van der Waals surface area contributed by atoms with Gasteiger partial charge in [-0.2, -0.15) is 0 Å². The third-order valence-corrected chi connectivity index (χ3v) is 3.34. The number of anilines is 1. The molecule has 2 rings (SSSR count). The fourth-order valence-corrected chi connectivity index (χ4v) is 2.24. The van der Waals surface area contributed by atoms with Crippen molar-refractivity contribution in [3.8, 4) is 0 Å². The van der Waals surface area contributed by atoms with Gasteiger partial charge in [0.15, 0.2) is 0 Å². The van der Waals surface area contributed by atoms with E-state index in [0.29, 0.717) is 33.4 Å². The minimum atomic E-state index is -0.455. The maximum Gasteiger partial charge on any atom is 0.337 e. The number of methoxy groups -OCH3 is 1. The molecule has 0 aliphatic heterocycles. The van der Waals surface area contributed by atoms with Crippen LogP contribution < -0.4 is 5.32 Å². The molecule has 2 aromatic carbocycles. The number of halogens is 3. The molecule has 0 bridgehead atoms. The minimum Gasteiger partial charge on any atom is -0.465 e. The van der Waals surface area contributed by atoms with E-state index in [1.165, 1.54) is 19.2 Å². The molecular formula is C15H12Cl2FNO2. The van der Waals surface area contributed by atoms with Crippen LogP contribution in [0.4, 0.5) is 10.1 Å². The summed E-state index contributed by atoms with van der Waals surface area (Å²) in [6, 6.07) is 8.99. The van der Waals surface area contributed by atoms with Gasteiger partial charge in [-0.25, -0.2) is 9.18 Å². The van der Waals surface area contributed by atoms with Gasteiger partial charge in [-0.1, -0.05) is 23.2 Å². The topological polar surface area (TPSA) is 38.3 Å². The van der Waals surface area contributed by atoms with E-state index in [9.17, 15) is 9.18 Å². The zero-order valence-corrected chi connectivity index (χ0v) is 12.6. The Morgan fingerprint density at radius 2 is 2.00 bits per heavy atom. The summed E-state index contributed by atoms with van der Waals surface area (Å²) in [5.74, 6) is -0.864. The van der Waals surface area contributed by atoms with Crippen LogP contribution in [0.3, 0.4) is 0 Å². The summed E-state index contributed by atoms with van der Waals surface area (Å²) in [5.41, 5.74) is 1.60. The molecule has 110 valence electrons. The van der Waals surface area contributed by atoms with Gasteiger partial charge in [0.2, 0.25) is 0 Å². The summed E-state index contributed by atoms with van der Waals surface area (Å²) in [7, 11) is 1.30. The number of ether oxygens (including phenoxy) is 1. The van der Waals surface area contributed by atoms with Gasteiger partial charge in [-0.15, -0.1) is 0 Å². The van der Waals surface area contributed by atoms with Gasteiger partial charge in [-0.05, 0) is 42.0 Å². The monoisotopic (exact) mass is 327 g/mol. The van der Waals surface area contributed by atoms with Gasteiger partial charge in [0.05, 0.1) is 23.4 Å². The van der Waals surface area contributed by atoms with E-state index >= 15 is 0 Å². The van der Waals surface area contributed by atoms with Crippen LogP contribution in [-0.4, -0.2) is 13.1 Å². The number of rotatable bonds is 4. The summed E-state index contributed by atoms with van der Waals surface area (Å²) in [4.78, 5) is 11.5. The molecule has 0 spiro atoms. The lowest BCUT2D eigenvalue weighted by Gasteiger charge is -2.10. The molecule has 1 N–H and O–H groups in total. The van der Waals surface area contributed by atoms with Gasteiger partial charge in [-0.3, -0.25) is 0 Å². The summed E-state index contributed by atoms with van der Waals surface area (Å²) in [6.45, 7) is 0.321. The predicted octanol–water partition coefficient (Wildman–Crippen LogP) is 4.53. The van der Waals surface area contributed by atoms with Crippen molar-refractivity contribution in [2.24, 2.45) is 0 Å². The molecule has 0 saturated heterocycles. The summed E-state index contributed by atoms with van der Waals surface area (Å²) >= 11 is 11.9. The number of esters is 1. The molecular weight excluding hydrogens is 316 g/mol. The standard InChI is InChI=1S/C15H12Cl2FNO2/c1-21-15(20)10-2-3-13(17)14(6-10)19-8-9-4-11(16)7-12(18)5-9/h2-7,19H,8H2,1H3. The molecule has 21 heavy (non-hydrogen) atoms. The van der Waals surface area contributed by atoms with Crippen molar-refractivity contribution < 1.29 is 13.9 Å². The van der Waals surface area contributed by atoms with Gasteiger partial charge in [0, 0.05) is 11.6 Å². The van der Waals surface area contributed by atoms with Gasteiger partial charge >= 0.3 is 5.97 Å². The zero-order valence-electron chi connectivity index (χ0n) is 11.1. The quantitative estimate of drug-likeness (QED) is 0.838. The van der Waals surface area contributed by atoms with E-state index in [1.54, 1.807) is 24.3 Å². The van der Waals surface area contributed by atoms with Crippen LogP contribution in [0.25, 0.3) is 0 Å². The van der Waals surface area contributed by atoms with Crippen molar-refractivity contribution in [2.45, 2.75) is 6.54 Å². The fraction of sp³-hybridized carbons (Fsp3) is 0.133. The van der Waals surface area contributed by atoms with E-state index in [4.69, 9.17) is 23.2 Å². The molecule has 0 radical (unpaired) electrons. The van der Waals surface area contributed by atoms with Crippen LogP contribution in [0.1, 0.15) is 15.9 Å². The Hall–Kier alpha value is -1.78. The molecule has 0 saturated carbocycles. The Morgan fingerprint density at radius 3 is 2.67 bits per heavy atom. The molecule has 0 fully saturated rings.